The van der Waals surface area contributed by atoms with Crippen LogP contribution in [0.2, 0.25) is 10.0 Å². The van der Waals surface area contributed by atoms with Gasteiger partial charge in [-0.3, -0.25) is 0 Å². The maximum atomic E-state index is 11.0. The molecule has 0 bridgehead atoms. The third kappa shape index (κ3) is 6.66. The smallest absolute Gasteiger partial charge is 0.404 e. The highest BCUT2D eigenvalue weighted by molar-refractivity contribution is 7.99. The van der Waals surface area contributed by atoms with Gasteiger partial charge in [0, 0.05) is 27.9 Å². The Kier molecular flexibility index (Phi) is 8.29. The molecule has 0 aliphatic rings. The summed E-state index contributed by atoms with van der Waals surface area (Å²) < 4.78 is 7.17. The van der Waals surface area contributed by atoms with Crippen LogP contribution in [0.15, 0.2) is 58.5 Å². The van der Waals surface area contributed by atoms with E-state index >= 15 is 0 Å². The van der Waals surface area contributed by atoms with Crippen LogP contribution in [0.25, 0.3) is 0 Å². The van der Waals surface area contributed by atoms with Crippen molar-refractivity contribution in [1.29, 1.82) is 0 Å². The lowest BCUT2D eigenvalue weighted by Crippen LogP contribution is -2.16. The number of ether oxygens (including phenoxy) is 1. The molecule has 0 fully saturated rings. The van der Waals surface area contributed by atoms with E-state index < -0.39 is 6.09 Å². The predicted molar refractivity (Wildman–Crippen MR) is 126 cm³/mol. The van der Waals surface area contributed by atoms with Crippen LogP contribution in [0.5, 0.6) is 0 Å². The maximum Gasteiger partial charge on any atom is 0.404 e. The van der Waals surface area contributed by atoms with Gasteiger partial charge in [-0.1, -0.05) is 79.1 Å². The van der Waals surface area contributed by atoms with E-state index in [1.807, 2.05) is 30.3 Å². The number of hydrogen-bond donors (Lipinski definition) is 1. The highest BCUT2D eigenvalue weighted by Gasteiger charge is 2.21. The maximum absolute atomic E-state index is 11.0. The summed E-state index contributed by atoms with van der Waals surface area (Å²) in [6, 6.07) is 15.8. The minimum atomic E-state index is -0.783. The predicted octanol–water partition coefficient (Wildman–Crippen LogP) is 6.35. The SMILES string of the molecule is CC(C)c1nc(CCOC(N)=O)n(CCc2ccccc2)c1Sc1cc(Cl)cc(Cl)c1. The lowest BCUT2D eigenvalue weighted by molar-refractivity contribution is 0.157. The molecule has 0 saturated heterocycles. The Balaban J connectivity index is 1.97. The summed E-state index contributed by atoms with van der Waals surface area (Å²) in [6.07, 6.45) is 0.547. The van der Waals surface area contributed by atoms with Crippen LogP contribution in [-0.2, 0) is 24.1 Å². The zero-order chi connectivity index (χ0) is 22.4. The third-order valence-corrected chi connectivity index (χ3v) is 6.19. The van der Waals surface area contributed by atoms with Gasteiger partial charge in [0.25, 0.3) is 0 Å². The quantitative estimate of drug-likeness (QED) is 0.389. The van der Waals surface area contributed by atoms with Crippen molar-refractivity contribution < 1.29 is 9.53 Å². The number of aryl methyl sites for hydroxylation is 1. The van der Waals surface area contributed by atoms with Crippen LogP contribution in [-0.4, -0.2) is 22.3 Å². The van der Waals surface area contributed by atoms with E-state index in [2.05, 4.69) is 30.5 Å². The molecular weight excluding hydrogens is 453 g/mol. The van der Waals surface area contributed by atoms with Crippen molar-refractivity contribution in [3.8, 4) is 0 Å². The first-order valence-corrected chi connectivity index (χ1v) is 11.6. The molecule has 0 unspecified atom stereocenters. The Hall–Kier alpha value is -2.15. The number of rotatable bonds is 9. The number of primary amides is 1. The number of nitrogens with two attached hydrogens (primary N) is 1. The van der Waals surface area contributed by atoms with Crippen molar-refractivity contribution in [1.82, 2.24) is 9.55 Å². The van der Waals surface area contributed by atoms with Crippen LogP contribution >= 0.6 is 35.0 Å². The second-order valence-corrected chi connectivity index (χ2v) is 9.32. The minimum absolute atomic E-state index is 0.183. The van der Waals surface area contributed by atoms with Gasteiger partial charge in [0.2, 0.25) is 0 Å². The monoisotopic (exact) mass is 477 g/mol. The van der Waals surface area contributed by atoms with Gasteiger partial charge < -0.3 is 15.0 Å². The highest BCUT2D eigenvalue weighted by atomic mass is 35.5. The van der Waals surface area contributed by atoms with Gasteiger partial charge in [0.15, 0.2) is 0 Å². The molecule has 0 radical (unpaired) electrons. The fraction of sp³-hybridized carbons (Fsp3) is 0.304. The number of amides is 1. The molecule has 1 aromatic heterocycles. The van der Waals surface area contributed by atoms with Crippen molar-refractivity contribution >= 4 is 41.1 Å². The molecule has 0 aliphatic carbocycles. The normalized spacial score (nSPS) is 11.1. The first-order chi connectivity index (χ1) is 14.8. The Morgan fingerprint density at radius 2 is 1.81 bits per heavy atom. The van der Waals surface area contributed by atoms with Crippen LogP contribution in [0.1, 0.15) is 36.8 Å². The molecule has 31 heavy (non-hydrogen) atoms. The second-order valence-electron chi connectivity index (χ2n) is 7.39. The molecule has 3 aromatic rings. The number of halogens is 2. The van der Waals surface area contributed by atoms with Crippen LogP contribution in [0.3, 0.4) is 0 Å². The Bertz CT molecular complexity index is 1020. The molecule has 3 rings (SSSR count). The van der Waals surface area contributed by atoms with Gasteiger partial charge >= 0.3 is 6.09 Å². The van der Waals surface area contributed by atoms with E-state index in [0.717, 1.165) is 34.4 Å². The summed E-state index contributed by atoms with van der Waals surface area (Å²) in [4.78, 5) is 16.9. The summed E-state index contributed by atoms with van der Waals surface area (Å²) >= 11 is 14.0. The third-order valence-electron chi connectivity index (χ3n) is 4.66. The standard InChI is InChI=1S/C23H25Cl2N3O2S/c1-15(2)21-22(31-19-13-17(24)12-18(25)14-19)28(10-8-16-6-4-3-5-7-16)20(27-21)9-11-30-23(26)29/h3-7,12-15H,8-11H2,1-2H3,(H2,26,29). The second kappa shape index (κ2) is 10.9. The molecule has 2 aromatic carbocycles. The average molecular weight is 478 g/mol. The Labute approximate surface area is 196 Å². The highest BCUT2D eigenvalue weighted by Crippen LogP contribution is 2.37. The van der Waals surface area contributed by atoms with Crippen molar-refractivity contribution in [3.63, 3.8) is 0 Å². The number of aromatic nitrogens is 2. The van der Waals surface area contributed by atoms with Gasteiger partial charge in [0.05, 0.1) is 5.69 Å². The van der Waals surface area contributed by atoms with Crippen LogP contribution < -0.4 is 5.73 Å². The average Bonchev–Trinajstić information content (AvgIpc) is 3.03. The van der Waals surface area contributed by atoms with Gasteiger partial charge in [-0.15, -0.1) is 0 Å². The molecule has 164 valence electrons. The van der Waals surface area contributed by atoms with E-state index in [4.69, 9.17) is 38.7 Å². The van der Waals surface area contributed by atoms with Crippen molar-refractivity contribution in [3.05, 3.63) is 75.7 Å². The van der Waals surface area contributed by atoms with E-state index in [1.165, 1.54) is 5.56 Å². The largest absolute Gasteiger partial charge is 0.449 e. The minimum Gasteiger partial charge on any atom is -0.449 e. The molecule has 0 atom stereocenters. The number of benzene rings is 2. The molecule has 0 aliphatic heterocycles. The zero-order valence-corrected chi connectivity index (χ0v) is 19.8. The van der Waals surface area contributed by atoms with E-state index in [9.17, 15) is 4.79 Å². The summed E-state index contributed by atoms with van der Waals surface area (Å²) in [6.45, 7) is 5.15. The molecule has 0 spiro atoms. The number of carbonyl (C=O) groups is 1. The van der Waals surface area contributed by atoms with Gasteiger partial charge in [-0.05, 0) is 36.1 Å². The number of nitrogens with zero attached hydrogens (tertiary/aromatic N) is 2. The number of hydrogen-bond acceptors (Lipinski definition) is 4. The fourth-order valence-corrected chi connectivity index (χ4v) is 5.18. The Morgan fingerprint density at radius 1 is 1.13 bits per heavy atom. The first-order valence-electron chi connectivity index (χ1n) is 10.0. The van der Waals surface area contributed by atoms with Crippen LogP contribution in [0.4, 0.5) is 4.79 Å². The van der Waals surface area contributed by atoms with Gasteiger partial charge in [0.1, 0.15) is 17.5 Å². The summed E-state index contributed by atoms with van der Waals surface area (Å²) in [5.41, 5.74) is 7.35. The van der Waals surface area contributed by atoms with Gasteiger partial charge in [-0.2, -0.15) is 0 Å². The molecule has 5 nitrogen and oxygen atoms in total. The van der Waals surface area contributed by atoms with Crippen molar-refractivity contribution in [2.45, 2.75) is 49.1 Å². The summed E-state index contributed by atoms with van der Waals surface area (Å²) in [7, 11) is 0. The van der Waals surface area contributed by atoms with E-state index in [1.54, 1.807) is 17.8 Å². The van der Waals surface area contributed by atoms with E-state index in [-0.39, 0.29) is 12.5 Å². The van der Waals surface area contributed by atoms with E-state index in [0.29, 0.717) is 16.5 Å². The van der Waals surface area contributed by atoms with Crippen molar-refractivity contribution in [2.75, 3.05) is 6.61 Å². The number of carbonyl (C=O) groups excluding carboxylic acids is 1. The lowest BCUT2D eigenvalue weighted by Gasteiger charge is -2.14. The molecule has 1 amide bonds. The molecular formula is C23H25Cl2N3O2S. The topological polar surface area (TPSA) is 70.1 Å². The number of imidazole rings is 1. The Morgan fingerprint density at radius 3 is 2.42 bits per heavy atom. The first kappa shape index (κ1) is 23.5. The molecule has 0 saturated carbocycles. The summed E-state index contributed by atoms with van der Waals surface area (Å²) in [5.74, 6) is 1.07. The van der Waals surface area contributed by atoms with Crippen LogP contribution in [0, 0.1) is 0 Å². The fourth-order valence-electron chi connectivity index (χ4n) is 3.24. The molecule has 1 heterocycles. The summed E-state index contributed by atoms with van der Waals surface area (Å²) in [5, 5.41) is 2.22. The van der Waals surface area contributed by atoms with Crippen molar-refractivity contribution in [2.24, 2.45) is 5.73 Å². The molecule has 2 N–H and O–H groups in total. The zero-order valence-electron chi connectivity index (χ0n) is 17.5. The molecule has 8 heteroatoms. The van der Waals surface area contributed by atoms with Gasteiger partial charge in [-0.25, -0.2) is 9.78 Å². The lowest BCUT2D eigenvalue weighted by atomic mass is 10.1.